The van der Waals surface area contributed by atoms with Gasteiger partial charge in [-0.25, -0.2) is 4.79 Å². The molecule has 1 aromatic carbocycles. The van der Waals surface area contributed by atoms with Crippen molar-refractivity contribution in [2.45, 2.75) is 12.6 Å². The second-order valence-corrected chi connectivity index (χ2v) is 3.20. The topological polar surface area (TPSA) is 75.7 Å². The summed E-state index contributed by atoms with van der Waals surface area (Å²) in [6.45, 7) is 0. The van der Waals surface area contributed by atoms with Crippen LogP contribution in [0.1, 0.15) is 27.7 Å². The maximum absolute atomic E-state index is 10.7. The molecular formula is C10H10N2O2. The normalized spacial score (nSPS) is 19.1. The highest BCUT2D eigenvalue weighted by atomic mass is 16.4. The van der Waals surface area contributed by atoms with Gasteiger partial charge in [-0.2, -0.15) is 0 Å². The van der Waals surface area contributed by atoms with E-state index < -0.39 is 5.97 Å². The summed E-state index contributed by atoms with van der Waals surface area (Å²) >= 11 is 0. The molecule has 0 saturated carbocycles. The SMILES string of the molecule is NC1N=CCc2cc(C(=O)O)ccc21. The number of rotatable bonds is 1. The van der Waals surface area contributed by atoms with E-state index in [0.29, 0.717) is 12.0 Å². The monoisotopic (exact) mass is 190 g/mol. The summed E-state index contributed by atoms with van der Waals surface area (Å²) in [6.07, 6.45) is 2.03. The molecule has 14 heavy (non-hydrogen) atoms. The molecule has 1 unspecified atom stereocenters. The van der Waals surface area contributed by atoms with Crippen LogP contribution in [0, 0.1) is 0 Å². The van der Waals surface area contributed by atoms with Gasteiger partial charge in [0.1, 0.15) is 6.17 Å². The highest BCUT2D eigenvalue weighted by Crippen LogP contribution is 2.22. The van der Waals surface area contributed by atoms with Gasteiger partial charge in [0.2, 0.25) is 0 Å². The zero-order chi connectivity index (χ0) is 10.1. The van der Waals surface area contributed by atoms with Crippen LogP contribution in [0.4, 0.5) is 0 Å². The summed E-state index contributed by atoms with van der Waals surface area (Å²) in [5, 5.41) is 8.79. The molecule has 1 aliphatic rings. The molecule has 0 aliphatic carbocycles. The highest BCUT2D eigenvalue weighted by molar-refractivity contribution is 5.88. The maximum Gasteiger partial charge on any atom is 0.335 e. The molecule has 4 heteroatoms. The number of aromatic carboxylic acids is 1. The fourth-order valence-corrected chi connectivity index (χ4v) is 1.55. The molecule has 0 spiro atoms. The fourth-order valence-electron chi connectivity index (χ4n) is 1.55. The predicted octanol–water partition coefficient (Wildman–Crippen LogP) is 0.969. The second-order valence-electron chi connectivity index (χ2n) is 3.20. The Hall–Kier alpha value is -1.68. The lowest BCUT2D eigenvalue weighted by Crippen LogP contribution is -2.15. The first kappa shape index (κ1) is 8.90. The smallest absolute Gasteiger partial charge is 0.335 e. The second kappa shape index (κ2) is 3.23. The molecule has 1 atom stereocenters. The van der Waals surface area contributed by atoms with Crippen molar-refractivity contribution in [1.82, 2.24) is 0 Å². The molecule has 0 saturated heterocycles. The highest BCUT2D eigenvalue weighted by Gasteiger charge is 2.14. The molecule has 0 fully saturated rings. The van der Waals surface area contributed by atoms with E-state index in [2.05, 4.69) is 4.99 Å². The number of nitrogens with two attached hydrogens (primary N) is 1. The van der Waals surface area contributed by atoms with Gasteiger partial charge in [-0.05, 0) is 23.3 Å². The van der Waals surface area contributed by atoms with Gasteiger partial charge in [0.05, 0.1) is 5.56 Å². The van der Waals surface area contributed by atoms with Crippen LogP contribution in [0.5, 0.6) is 0 Å². The third-order valence-electron chi connectivity index (χ3n) is 2.29. The summed E-state index contributed by atoms with van der Waals surface area (Å²) < 4.78 is 0. The lowest BCUT2D eigenvalue weighted by Gasteiger charge is -2.16. The lowest BCUT2D eigenvalue weighted by atomic mass is 9.98. The van der Waals surface area contributed by atoms with Crippen molar-refractivity contribution in [3.05, 3.63) is 34.9 Å². The molecule has 1 aliphatic heterocycles. The Morgan fingerprint density at radius 2 is 2.36 bits per heavy atom. The van der Waals surface area contributed by atoms with Crippen LogP contribution in [0.25, 0.3) is 0 Å². The van der Waals surface area contributed by atoms with Gasteiger partial charge in [-0.3, -0.25) is 4.99 Å². The van der Waals surface area contributed by atoms with Gasteiger partial charge in [-0.15, -0.1) is 0 Å². The van der Waals surface area contributed by atoms with Crippen LogP contribution >= 0.6 is 0 Å². The van der Waals surface area contributed by atoms with Crippen molar-refractivity contribution >= 4 is 12.2 Å². The summed E-state index contributed by atoms with van der Waals surface area (Å²) in [7, 11) is 0. The van der Waals surface area contributed by atoms with E-state index in [1.165, 1.54) is 0 Å². The van der Waals surface area contributed by atoms with Gasteiger partial charge in [0.15, 0.2) is 0 Å². The molecule has 1 aromatic rings. The fraction of sp³-hybridized carbons (Fsp3) is 0.200. The van der Waals surface area contributed by atoms with Gasteiger partial charge in [0, 0.05) is 12.6 Å². The Morgan fingerprint density at radius 3 is 3.07 bits per heavy atom. The van der Waals surface area contributed by atoms with Crippen LogP contribution in [0.15, 0.2) is 23.2 Å². The minimum atomic E-state index is -0.913. The van der Waals surface area contributed by atoms with Crippen molar-refractivity contribution in [2.24, 2.45) is 10.7 Å². The third kappa shape index (κ3) is 1.40. The molecule has 0 radical (unpaired) electrons. The number of hydrogen-bond acceptors (Lipinski definition) is 3. The van der Waals surface area contributed by atoms with Crippen LogP contribution in [-0.2, 0) is 6.42 Å². The number of benzene rings is 1. The van der Waals surface area contributed by atoms with E-state index in [1.807, 2.05) is 0 Å². The summed E-state index contributed by atoms with van der Waals surface area (Å²) in [5.41, 5.74) is 7.89. The Morgan fingerprint density at radius 1 is 1.57 bits per heavy atom. The van der Waals surface area contributed by atoms with Crippen LogP contribution in [0.3, 0.4) is 0 Å². The molecule has 2 rings (SSSR count). The molecule has 1 heterocycles. The Kier molecular flexibility index (Phi) is 2.05. The largest absolute Gasteiger partial charge is 0.478 e. The zero-order valence-corrected chi connectivity index (χ0v) is 7.47. The predicted molar refractivity (Wildman–Crippen MR) is 52.5 cm³/mol. The summed E-state index contributed by atoms with van der Waals surface area (Å²) in [5.74, 6) is -0.913. The average molecular weight is 190 g/mol. The number of carboxylic acids is 1. The van der Waals surface area contributed by atoms with Gasteiger partial charge in [-0.1, -0.05) is 6.07 Å². The number of nitrogens with zero attached hydrogens (tertiary/aromatic N) is 1. The molecule has 0 amide bonds. The van der Waals surface area contributed by atoms with E-state index in [1.54, 1.807) is 24.4 Å². The summed E-state index contributed by atoms with van der Waals surface area (Å²) in [4.78, 5) is 14.8. The van der Waals surface area contributed by atoms with E-state index in [4.69, 9.17) is 10.8 Å². The number of hydrogen-bond donors (Lipinski definition) is 2. The zero-order valence-electron chi connectivity index (χ0n) is 7.47. The molecule has 4 nitrogen and oxygen atoms in total. The first-order valence-electron chi connectivity index (χ1n) is 4.32. The van der Waals surface area contributed by atoms with Gasteiger partial charge >= 0.3 is 5.97 Å². The lowest BCUT2D eigenvalue weighted by molar-refractivity contribution is 0.0696. The third-order valence-corrected chi connectivity index (χ3v) is 2.29. The number of aliphatic imine (C=N–C) groups is 1. The van der Waals surface area contributed by atoms with Gasteiger partial charge < -0.3 is 10.8 Å². The molecule has 0 aromatic heterocycles. The average Bonchev–Trinajstić information content (AvgIpc) is 2.17. The quantitative estimate of drug-likeness (QED) is 0.692. The number of carboxylic acid groups (broad SMARTS) is 1. The maximum atomic E-state index is 10.7. The van der Waals surface area contributed by atoms with Crippen molar-refractivity contribution in [2.75, 3.05) is 0 Å². The first-order chi connectivity index (χ1) is 6.68. The van der Waals surface area contributed by atoms with Crippen LogP contribution in [0.2, 0.25) is 0 Å². The summed E-state index contributed by atoms with van der Waals surface area (Å²) in [6, 6.07) is 4.95. The Labute approximate surface area is 81.1 Å². The van der Waals surface area contributed by atoms with Crippen LogP contribution in [-0.4, -0.2) is 17.3 Å². The first-order valence-corrected chi connectivity index (χ1v) is 4.32. The Balaban J connectivity index is 2.47. The molecular weight excluding hydrogens is 180 g/mol. The standard InChI is InChI=1S/C10H10N2O2/c11-9-8-2-1-7(10(13)14)5-6(8)3-4-12-9/h1-2,4-5,9H,3,11H2,(H,13,14). The minimum Gasteiger partial charge on any atom is -0.478 e. The van der Waals surface area contributed by atoms with Crippen molar-refractivity contribution in [3.63, 3.8) is 0 Å². The van der Waals surface area contributed by atoms with Crippen molar-refractivity contribution in [1.29, 1.82) is 0 Å². The van der Waals surface area contributed by atoms with Crippen molar-refractivity contribution < 1.29 is 9.90 Å². The van der Waals surface area contributed by atoms with E-state index in [-0.39, 0.29) is 6.17 Å². The van der Waals surface area contributed by atoms with Gasteiger partial charge in [0.25, 0.3) is 0 Å². The molecule has 72 valence electrons. The van der Waals surface area contributed by atoms with Crippen LogP contribution < -0.4 is 5.73 Å². The van der Waals surface area contributed by atoms with Crippen molar-refractivity contribution in [3.8, 4) is 0 Å². The van der Waals surface area contributed by atoms with E-state index >= 15 is 0 Å². The Bertz CT molecular complexity index is 413. The molecule has 0 bridgehead atoms. The number of fused-ring (bicyclic) bond motifs is 1. The number of carbonyl (C=O) groups is 1. The van der Waals surface area contributed by atoms with E-state index in [0.717, 1.165) is 11.1 Å². The van der Waals surface area contributed by atoms with E-state index in [9.17, 15) is 4.79 Å². The molecule has 3 N–H and O–H groups in total. The minimum absolute atomic E-state index is 0.297.